The Balaban J connectivity index is 0.000000457. The molecule has 0 bridgehead atoms. The number of rotatable bonds is 3. The van der Waals surface area contributed by atoms with Gasteiger partial charge >= 0.3 is 0 Å². The summed E-state index contributed by atoms with van der Waals surface area (Å²) in [7, 11) is 0. The van der Waals surface area contributed by atoms with Gasteiger partial charge in [0.25, 0.3) is 0 Å². The van der Waals surface area contributed by atoms with E-state index in [4.69, 9.17) is 5.41 Å². The van der Waals surface area contributed by atoms with Gasteiger partial charge in [-0.25, -0.2) is 0 Å². The molecule has 0 heterocycles. The van der Waals surface area contributed by atoms with Crippen LogP contribution in [0.5, 0.6) is 0 Å². The Hall–Kier alpha value is -0.590. The monoisotopic (exact) mass is 307 g/mol. The van der Waals surface area contributed by atoms with Gasteiger partial charge in [-0.15, -0.1) is 0 Å². The normalized spacial score (nSPS) is 24.8. The third-order valence-electron chi connectivity index (χ3n) is 5.19. The largest absolute Gasteiger partial charge is 0.305 e. The number of allylic oxidation sites excluding steroid dienone is 2. The van der Waals surface area contributed by atoms with Crippen LogP contribution in [0.2, 0.25) is 0 Å². The molecule has 0 amide bonds. The van der Waals surface area contributed by atoms with Crippen LogP contribution in [0.3, 0.4) is 0 Å². The second-order valence-corrected chi connectivity index (χ2v) is 7.92. The van der Waals surface area contributed by atoms with Crippen molar-refractivity contribution in [1.82, 2.24) is 0 Å². The van der Waals surface area contributed by atoms with Gasteiger partial charge in [0.1, 0.15) is 0 Å². The fraction of sp³-hybridized carbons (Fsp3) is 0.857. The molecule has 22 heavy (non-hydrogen) atoms. The van der Waals surface area contributed by atoms with Crippen molar-refractivity contribution in [3.63, 3.8) is 0 Å². The second kappa shape index (κ2) is 10.2. The Labute approximate surface area is 140 Å². The zero-order valence-electron chi connectivity index (χ0n) is 16.6. The number of hydrogen-bond acceptors (Lipinski definition) is 1. The molecule has 1 nitrogen and oxygen atoms in total. The number of nitrogens with one attached hydrogen (secondary N) is 1. The highest BCUT2D eigenvalue weighted by Gasteiger charge is 2.28. The molecule has 1 N–H and O–H groups in total. The van der Waals surface area contributed by atoms with Gasteiger partial charge < -0.3 is 5.41 Å². The zero-order chi connectivity index (χ0) is 17.3. The minimum absolute atomic E-state index is 0.00571. The summed E-state index contributed by atoms with van der Waals surface area (Å²) in [4.78, 5) is 0. The maximum atomic E-state index is 7.95. The Morgan fingerprint density at radius 1 is 1.09 bits per heavy atom. The van der Waals surface area contributed by atoms with E-state index in [1.54, 1.807) is 0 Å². The Kier molecular flexibility index (Phi) is 9.96. The third-order valence-corrected chi connectivity index (χ3v) is 5.19. The van der Waals surface area contributed by atoms with Crippen molar-refractivity contribution < 1.29 is 0 Å². The van der Waals surface area contributed by atoms with Crippen molar-refractivity contribution >= 4 is 5.71 Å². The average Bonchev–Trinajstić information content (AvgIpc) is 2.37. The first-order chi connectivity index (χ1) is 10.3. The van der Waals surface area contributed by atoms with E-state index in [0.717, 1.165) is 23.5 Å². The van der Waals surface area contributed by atoms with E-state index in [9.17, 15) is 0 Å². The van der Waals surface area contributed by atoms with Crippen LogP contribution in [0.15, 0.2) is 11.6 Å². The summed E-state index contributed by atoms with van der Waals surface area (Å²) >= 11 is 0. The van der Waals surface area contributed by atoms with Crippen LogP contribution in [0.25, 0.3) is 0 Å². The fourth-order valence-corrected chi connectivity index (χ4v) is 2.80. The predicted octanol–water partition coefficient (Wildman–Crippen LogP) is 7.27. The molecule has 1 heteroatoms. The summed E-state index contributed by atoms with van der Waals surface area (Å²) in [6.45, 7) is 17.1. The first kappa shape index (κ1) is 21.4. The molecule has 0 aromatic heterocycles. The maximum absolute atomic E-state index is 7.95. The molecule has 2 rings (SSSR count). The minimum Gasteiger partial charge on any atom is -0.305 e. The molecule has 2 atom stereocenters. The standard InChI is InChI=1S/C13H23N.C6H12.C2H6/c1-9-6-7-11(9)10(2)8-12(14)13(3,4)5;1-2-6-4-3-5-6;1-2/h8-9,11,14H,6-7H2,1-5H3;6H,2-5H2,1H3;1-2H3/b10-8+,14-12?;;. The number of hydrogen-bond donors (Lipinski definition) is 1. The Bertz CT molecular complexity index is 339. The summed E-state index contributed by atoms with van der Waals surface area (Å²) in [5, 5.41) is 7.95. The van der Waals surface area contributed by atoms with E-state index in [2.05, 4.69) is 47.6 Å². The Morgan fingerprint density at radius 2 is 1.64 bits per heavy atom. The highest BCUT2D eigenvalue weighted by atomic mass is 14.5. The van der Waals surface area contributed by atoms with Gasteiger partial charge in [0.15, 0.2) is 0 Å². The molecule has 2 unspecified atom stereocenters. The summed E-state index contributed by atoms with van der Waals surface area (Å²) in [6, 6.07) is 0. The first-order valence-electron chi connectivity index (χ1n) is 9.53. The van der Waals surface area contributed by atoms with Crippen LogP contribution in [0.1, 0.15) is 93.9 Å². The molecule has 2 aliphatic carbocycles. The van der Waals surface area contributed by atoms with Crippen molar-refractivity contribution in [3.05, 3.63) is 11.6 Å². The van der Waals surface area contributed by atoms with Crippen LogP contribution in [0, 0.1) is 28.6 Å². The van der Waals surface area contributed by atoms with Gasteiger partial charge in [-0.3, -0.25) is 0 Å². The van der Waals surface area contributed by atoms with E-state index in [-0.39, 0.29) is 5.41 Å². The fourth-order valence-electron chi connectivity index (χ4n) is 2.80. The maximum Gasteiger partial charge on any atom is 0.0366 e. The summed E-state index contributed by atoms with van der Waals surface area (Å²) in [6.07, 6.45) is 10.7. The van der Waals surface area contributed by atoms with Crippen molar-refractivity contribution in [2.24, 2.45) is 23.2 Å². The van der Waals surface area contributed by atoms with Gasteiger partial charge in [-0.1, -0.05) is 79.7 Å². The lowest BCUT2D eigenvalue weighted by Crippen LogP contribution is -2.25. The van der Waals surface area contributed by atoms with Crippen LogP contribution in [-0.4, -0.2) is 5.71 Å². The van der Waals surface area contributed by atoms with Gasteiger partial charge in [0, 0.05) is 11.1 Å². The smallest absolute Gasteiger partial charge is 0.0366 e. The lowest BCUT2D eigenvalue weighted by atomic mass is 9.70. The van der Waals surface area contributed by atoms with E-state index in [0.29, 0.717) is 0 Å². The van der Waals surface area contributed by atoms with Crippen LogP contribution in [-0.2, 0) is 0 Å². The lowest BCUT2D eigenvalue weighted by molar-refractivity contribution is 0.237. The van der Waals surface area contributed by atoms with Crippen molar-refractivity contribution in [2.45, 2.75) is 93.9 Å². The van der Waals surface area contributed by atoms with Gasteiger partial charge in [0.2, 0.25) is 0 Å². The SMILES string of the molecule is C/C(=C\C(=N)C(C)(C)C)C1CCC1C.CC.CCC1CCC1. The molecular weight excluding hydrogens is 266 g/mol. The molecule has 0 spiro atoms. The van der Waals surface area contributed by atoms with Gasteiger partial charge in [0.05, 0.1) is 0 Å². The molecule has 130 valence electrons. The lowest BCUT2D eigenvalue weighted by Gasteiger charge is -2.35. The van der Waals surface area contributed by atoms with Gasteiger partial charge in [-0.05, 0) is 43.6 Å². The van der Waals surface area contributed by atoms with E-state index >= 15 is 0 Å². The van der Waals surface area contributed by atoms with E-state index < -0.39 is 0 Å². The topological polar surface area (TPSA) is 23.9 Å². The Morgan fingerprint density at radius 3 is 1.82 bits per heavy atom. The minimum atomic E-state index is -0.00571. The van der Waals surface area contributed by atoms with Crippen molar-refractivity contribution in [2.75, 3.05) is 0 Å². The van der Waals surface area contributed by atoms with Crippen molar-refractivity contribution in [3.8, 4) is 0 Å². The van der Waals surface area contributed by atoms with Crippen LogP contribution >= 0.6 is 0 Å². The summed E-state index contributed by atoms with van der Waals surface area (Å²) < 4.78 is 0. The first-order valence-corrected chi connectivity index (χ1v) is 9.53. The highest BCUT2D eigenvalue weighted by molar-refractivity contribution is 5.96. The average molecular weight is 308 g/mol. The summed E-state index contributed by atoms with van der Waals surface area (Å²) in [5.74, 6) is 2.70. The molecule has 2 saturated carbocycles. The molecule has 0 radical (unpaired) electrons. The van der Waals surface area contributed by atoms with Crippen LogP contribution < -0.4 is 0 Å². The van der Waals surface area contributed by atoms with Crippen molar-refractivity contribution in [1.29, 1.82) is 5.41 Å². The molecular formula is C21H41N. The quantitative estimate of drug-likeness (QED) is 0.530. The van der Waals surface area contributed by atoms with Crippen LogP contribution in [0.4, 0.5) is 0 Å². The zero-order valence-corrected chi connectivity index (χ0v) is 16.6. The molecule has 2 fully saturated rings. The summed E-state index contributed by atoms with van der Waals surface area (Å²) in [5.41, 5.74) is 2.16. The third kappa shape index (κ3) is 7.11. The molecule has 0 aromatic carbocycles. The molecule has 0 saturated heterocycles. The molecule has 2 aliphatic rings. The van der Waals surface area contributed by atoms with E-state index in [1.807, 2.05) is 13.8 Å². The van der Waals surface area contributed by atoms with E-state index in [1.165, 1.54) is 44.1 Å². The molecule has 0 aliphatic heterocycles. The molecule has 0 aromatic rings. The van der Waals surface area contributed by atoms with Gasteiger partial charge in [-0.2, -0.15) is 0 Å². The highest BCUT2D eigenvalue weighted by Crippen LogP contribution is 2.39. The second-order valence-electron chi connectivity index (χ2n) is 7.92. The predicted molar refractivity (Wildman–Crippen MR) is 102 cm³/mol.